The van der Waals surface area contributed by atoms with Crippen molar-refractivity contribution >= 4 is 56.2 Å². The number of ketones is 2. The van der Waals surface area contributed by atoms with Crippen LogP contribution in [0.4, 0.5) is 0 Å². The minimum Gasteiger partial charge on any atom is -0.497 e. The number of benzene rings is 2. The van der Waals surface area contributed by atoms with Gasteiger partial charge in [-0.15, -0.1) is 0 Å². The smallest absolute Gasteiger partial charge is 0.379 e. The van der Waals surface area contributed by atoms with E-state index >= 15 is 0 Å². The van der Waals surface area contributed by atoms with Crippen molar-refractivity contribution in [1.29, 1.82) is 0 Å². The third-order valence-corrected chi connectivity index (χ3v) is 6.42. The standard InChI is InChI=1S/C13H13NO4.C11H8ClNO3.C6H15N.C2H6O/c1-3-18-13(16)12(15)10-7-14-11-6-8(17-2)4-5-9(10)11;1-16-6-2-3-7-8(10(14)11(12)15)5-13-9(7)4-6;1-4-7(5-2)6-3;1-2-3/h4-7,14H,3H2,1-2H3;2-5,13H,1H3;4-6H2,1-3H3;3H,2H2,1H3. The number of rotatable bonds is 10. The van der Waals surface area contributed by atoms with Crippen LogP contribution >= 0.6 is 11.6 Å². The van der Waals surface area contributed by atoms with Crippen molar-refractivity contribution in [3.8, 4) is 11.5 Å². The Hall–Kier alpha value is -4.19. The van der Waals surface area contributed by atoms with Crippen molar-refractivity contribution in [3.05, 3.63) is 59.9 Å². The van der Waals surface area contributed by atoms with Gasteiger partial charge in [0.25, 0.3) is 11.0 Å². The van der Waals surface area contributed by atoms with Crippen LogP contribution in [0.5, 0.6) is 11.5 Å². The summed E-state index contributed by atoms with van der Waals surface area (Å²) in [4.78, 5) is 53.7. The summed E-state index contributed by atoms with van der Waals surface area (Å²) in [6.45, 7) is 13.9. The number of hydrogen-bond donors (Lipinski definition) is 3. The lowest BCUT2D eigenvalue weighted by Crippen LogP contribution is -2.21. The van der Waals surface area contributed by atoms with E-state index in [0.717, 1.165) is 11.0 Å². The zero-order valence-corrected chi connectivity index (χ0v) is 27.0. The maximum absolute atomic E-state index is 11.8. The number of ether oxygens (including phenoxy) is 3. The average molecular weight is 632 g/mol. The van der Waals surface area contributed by atoms with Crippen LogP contribution in [0.3, 0.4) is 0 Å². The molecule has 4 aromatic rings. The number of halogens is 1. The number of aromatic nitrogens is 2. The van der Waals surface area contributed by atoms with Crippen LogP contribution in [0.25, 0.3) is 21.8 Å². The Balaban J connectivity index is 0.000000341. The lowest BCUT2D eigenvalue weighted by atomic mass is 10.1. The number of esters is 1. The van der Waals surface area contributed by atoms with Gasteiger partial charge in [-0.2, -0.15) is 0 Å². The molecule has 0 unspecified atom stereocenters. The molecule has 0 bridgehead atoms. The van der Waals surface area contributed by atoms with E-state index < -0.39 is 22.8 Å². The SMILES string of the molecule is CCN(CC)CC.CCO.CCOC(=O)C(=O)c1c[nH]c2cc(OC)ccc12.COc1ccc2c(C(=O)C(=O)Cl)c[nH]c2c1. The molecule has 12 heteroatoms. The summed E-state index contributed by atoms with van der Waals surface area (Å²) in [5.74, 6) is -0.842. The summed E-state index contributed by atoms with van der Waals surface area (Å²) in [5.41, 5.74) is 2.05. The normalized spacial score (nSPS) is 10.0. The molecule has 0 aliphatic carbocycles. The number of aromatic amines is 2. The van der Waals surface area contributed by atoms with E-state index in [1.165, 1.54) is 32.0 Å². The second kappa shape index (κ2) is 19.9. The van der Waals surface area contributed by atoms with Crippen molar-refractivity contribution in [2.75, 3.05) is 47.1 Å². The molecule has 0 amide bonds. The van der Waals surface area contributed by atoms with Crippen molar-refractivity contribution in [2.24, 2.45) is 0 Å². The zero-order valence-electron chi connectivity index (χ0n) is 26.3. The van der Waals surface area contributed by atoms with E-state index in [9.17, 15) is 19.2 Å². The number of H-pyrrole nitrogens is 2. The van der Waals surface area contributed by atoms with E-state index in [2.05, 4.69) is 35.6 Å². The van der Waals surface area contributed by atoms with Gasteiger partial charge in [0.2, 0.25) is 5.78 Å². The number of hydrogen-bond acceptors (Lipinski definition) is 9. The first-order chi connectivity index (χ1) is 21.1. The van der Waals surface area contributed by atoms with Crippen LogP contribution in [0.1, 0.15) is 55.3 Å². The van der Waals surface area contributed by atoms with Gasteiger partial charge in [0.15, 0.2) is 0 Å². The highest BCUT2D eigenvalue weighted by atomic mass is 35.5. The molecule has 0 saturated heterocycles. The largest absolute Gasteiger partial charge is 0.497 e. The Morgan fingerprint density at radius 1 is 0.750 bits per heavy atom. The van der Waals surface area contributed by atoms with E-state index in [1.54, 1.807) is 64.5 Å². The first kappa shape index (κ1) is 37.8. The molecule has 4 rings (SSSR count). The van der Waals surface area contributed by atoms with Gasteiger partial charge in [-0.25, -0.2) is 4.79 Å². The molecule has 0 saturated carbocycles. The topological polar surface area (TPSA) is 151 Å². The van der Waals surface area contributed by atoms with Gasteiger partial charge in [-0.05, 0) is 69.3 Å². The molecule has 2 aromatic carbocycles. The molecule has 0 atom stereocenters. The summed E-state index contributed by atoms with van der Waals surface area (Å²) in [5, 5.41) is 7.91. The molecule has 240 valence electrons. The van der Waals surface area contributed by atoms with Gasteiger partial charge < -0.3 is 34.2 Å². The Kier molecular flexibility index (Phi) is 17.1. The van der Waals surface area contributed by atoms with E-state index in [1.807, 2.05) is 0 Å². The van der Waals surface area contributed by atoms with Crippen LogP contribution in [0, 0.1) is 0 Å². The minimum atomic E-state index is -0.989. The number of carbonyl (C=O) groups is 4. The number of carbonyl (C=O) groups excluding carboxylic acids is 4. The fourth-order valence-corrected chi connectivity index (χ4v) is 4.03. The average Bonchev–Trinajstić information content (AvgIpc) is 3.66. The van der Waals surface area contributed by atoms with Gasteiger partial charge in [0.05, 0.1) is 32.0 Å². The Morgan fingerprint density at radius 3 is 1.48 bits per heavy atom. The predicted octanol–water partition coefficient (Wildman–Crippen LogP) is 5.39. The third kappa shape index (κ3) is 10.8. The molecule has 0 radical (unpaired) electrons. The first-order valence-corrected chi connectivity index (χ1v) is 14.5. The molecule has 0 fully saturated rings. The fraction of sp³-hybridized carbons (Fsp3) is 0.375. The van der Waals surface area contributed by atoms with Gasteiger partial charge in [-0.3, -0.25) is 14.4 Å². The highest BCUT2D eigenvalue weighted by Gasteiger charge is 2.21. The third-order valence-electron chi connectivity index (χ3n) is 6.25. The van der Waals surface area contributed by atoms with Crippen LogP contribution in [-0.4, -0.2) is 89.8 Å². The van der Waals surface area contributed by atoms with Gasteiger partial charge in [-0.1, -0.05) is 20.8 Å². The Labute approximate surface area is 262 Å². The molecule has 2 heterocycles. The summed E-state index contributed by atoms with van der Waals surface area (Å²) in [6, 6.07) is 10.4. The summed E-state index contributed by atoms with van der Waals surface area (Å²) >= 11 is 5.15. The molecule has 0 aliphatic heterocycles. The quantitative estimate of drug-likeness (QED) is 0.0905. The number of aliphatic hydroxyl groups excluding tert-OH is 1. The highest BCUT2D eigenvalue weighted by molar-refractivity contribution is 6.83. The van der Waals surface area contributed by atoms with Crippen LogP contribution in [0.2, 0.25) is 0 Å². The predicted molar refractivity (Wildman–Crippen MR) is 172 cm³/mol. The number of nitrogens with zero attached hydrogens (tertiary/aromatic N) is 1. The second-order valence-electron chi connectivity index (χ2n) is 8.82. The van der Waals surface area contributed by atoms with E-state index in [0.29, 0.717) is 27.8 Å². The molecule has 0 aliphatic rings. The lowest BCUT2D eigenvalue weighted by Gasteiger charge is -2.13. The van der Waals surface area contributed by atoms with Crippen molar-refractivity contribution in [3.63, 3.8) is 0 Å². The maximum Gasteiger partial charge on any atom is 0.379 e. The maximum atomic E-state index is 11.8. The fourth-order valence-electron chi connectivity index (χ4n) is 3.92. The van der Waals surface area contributed by atoms with Gasteiger partial charge in [0, 0.05) is 52.9 Å². The van der Waals surface area contributed by atoms with Crippen LogP contribution in [-0.2, 0) is 14.3 Å². The molecule has 0 spiro atoms. The molecular formula is C32H42ClN3O8. The summed E-state index contributed by atoms with van der Waals surface area (Å²) in [6.07, 6.45) is 2.97. The minimum absolute atomic E-state index is 0.181. The molecule has 44 heavy (non-hydrogen) atoms. The molecule has 3 N–H and O–H groups in total. The number of Topliss-reactive ketones (excluding diaryl/α,β-unsaturated/α-hetero) is 2. The first-order valence-electron chi connectivity index (χ1n) is 14.2. The van der Waals surface area contributed by atoms with Gasteiger partial charge >= 0.3 is 5.97 Å². The molecule has 11 nitrogen and oxygen atoms in total. The lowest BCUT2D eigenvalue weighted by molar-refractivity contribution is -0.137. The van der Waals surface area contributed by atoms with E-state index in [-0.39, 0.29) is 18.8 Å². The number of fused-ring (bicyclic) bond motifs is 2. The zero-order chi connectivity index (χ0) is 33.2. The number of aliphatic hydroxyl groups is 1. The Bertz CT molecular complexity index is 1500. The van der Waals surface area contributed by atoms with Crippen LogP contribution in [0.15, 0.2) is 48.8 Å². The van der Waals surface area contributed by atoms with Crippen molar-refractivity contribution in [1.82, 2.24) is 14.9 Å². The van der Waals surface area contributed by atoms with Crippen molar-refractivity contribution in [2.45, 2.75) is 34.6 Å². The van der Waals surface area contributed by atoms with Crippen molar-refractivity contribution < 1.29 is 38.5 Å². The summed E-state index contributed by atoms with van der Waals surface area (Å²) < 4.78 is 14.8. The second-order valence-corrected chi connectivity index (χ2v) is 9.16. The molecular weight excluding hydrogens is 590 g/mol. The number of methoxy groups -OCH3 is 2. The molecule has 2 aromatic heterocycles. The van der Waals surface area contributed by atoms with Gasteiger partial charge in [0.1, 0.15) is 11.5 Å². The Morgan fingerprint density at radius 2 is 1.16 bits per heavy atom. The van der Waals surface area contributed by atoms with E-state index in [4.69, 9.17) is 30.9 Å². The monoisotopic (exact) mass is 631 g/mol. The summed E-state index contributed by atoms with van der Waals surface area (Å²) in [7, 11) is 3.12. The highest BCUT2D eigenvalue weighted by Crippen LogP contribution is 2.25. The van der Waals surface area contributed by atoms with Crippen LogP contribution < -0.4 is 9.47 Å². The number of nitrogens with one attached hydrogen (secondary N) is 2.